The Balaban J connectivity index is 1.25. The molecule has 0 bridgehead atoms. The molecule has 2 aromatic carbocycles. The maximum absolute atomic E-state index is 13.1. The van der Waals surface area contributed by atoms with Gasteiger partial charge in [-0.3, -0.25) is 9.69 Å². The minimum atomic E-state index is -0.537. The number of aromatic nitrogens is 1. The Labute approximate surface area is 204 Å². The van der Waals surface area contributed by atoms with E-state index in [0.717, 1.165) is 30.5 Å². The van der Waals surface area contributed by atoms with Crippen molar-refractivity contribution < 1.29 is 14.3 Å². The van der Waals surface area contributed by atoms with Crippen LogP contribution in [0, 0.1) is 0 Å². The molecule has 6 nitrogen and oxygen atoms in total. The molecule has 1 aliphatic heterocycles. The number of likely N-dealkylation sites (tertiary alicyclic amines) is 1. The highest BCUT2D eigenvalue weighted by molar-refractivity contribution is 7.14. The van der Waals surface area contributed by atoms with Gasteiger partial charge in [-0.2, -0.15) is 0 Å². The van der Waals surface area contributed by atoms with Crippen LogP contribution in [0.5, 0.6) is 0 Å². The molecule has 34 heavy (non-hydrogen) atoms. The summed E-state index contributed by atoms with van der Waals surface area (Å²) in [5, 5.41) is 5.64. The van der Waals surface area contributed by atoms with Crippen molar-refractivity contribution >= 4 is 28.5 Å². The van der Waals surface area contributed by atoms with E-state index in [9.17, 15) is 9.59 Å². The number of carbonyl (C=O) groups excluding carboxylic acids is 2. The predicted octanol–water partition coefficient (Wildman–Crippen LogP) is 5.74. The average Bonchev–Trinajstić information content (AvgIpc) is 3.65. The smallest absolute Gasteiger partial charge is 0.410 e. The fourth-order valence-electron chi connectivity index (χ4n) is 5.23. The Morgan fingerprint density at radius 2 is 1.74 bits per heavy atom. The van der Waals surface area contributed by atoms with E-state index in [1.54, 1.807) is 0 Å². The summed E-state index contributed by atoms with van der Waals surface area (Å²) >= 11 is 1.46. The quantitative estimate of drug-likeness (QED) is 0.493. The zero-order chi connectivity index (χ0) is 23.4. The number of benzene rings is 2. The molecule has 1 saturated carbocycles. The van der Waals surface area contributed by atoms with Gasteiger partial charge in [-0.05, 0) is 36.8 Å². The molecular weight excluding hydrogens is 446 g/mol. The monoisotopic (exact) mass is 475 g/mol. The lowest BCUT2D eigenvalue weighted by atomic mass is 9.76. The fraction of sp³-hybridized carbons (Fsp3) is 0.370. The Hall–Kier alpha value is -3.19. The molecule has 1 unspecified atom stereocenters. The highest BCUT2D eigenvalue weighted by atomic mass is 32.1. The van der Waals surface area contributed by atoms with E-state index in [2.05, 4.69) is 35.0 Å². The number of carbonyl (C=O) groups is 2. The molecule has 1 N–H and O–H groups in total. The molecule has 3 aromatic rings. The third-order valence-electron chi connectivity index (χ3n) is 7.00. The molecule has 1 aromatic heterocycles. The second-order valence-corrected chi connectivity index (χ2v) is 9.93. The van der Waals surface area contributed by atoms with Gasteiger partial charge in [-0.25, -0.2) is 9.78 Å². The predicted molar refractivity (Wildman–Crippen MR) is 133 cm³/mol. The van der Waals surface area contributed by atoms with Crippen LogP contribution in [0.3, 0.4) is 0 Å². The number of amides is 2. The summed E-state index contributed by atoms with van der Waals surface area (Å²) in [6, 6.07) is 19.6. The average molecular weight is 476 g/mol. The first-order valence-electron chi connectivity index (χ1n) is 12.0. The first kappa shape index (κ1) is 22.6. The second-order valence-electron chi connectivity index (χ2n) is 9.07. The molecular formula is C27H29N3O3S. The largest absolute Gasteiger partial charge is 0.445 e. The van der Waals surface area contributed by atoms with Crippen molar-refractivity contribution in [1.29, 1.82) is 0 Å². The maximum Gasteiger partial charge on any atom is 0.410 e. The molecule has 176 valence electrons. The number of nitrogens with zero attached hydrogens (tertiary/aromatic N) is 2. The zero-order valence-corrected chi connectivity index (χ0v) is 19.9. The number of anilines is 1. The normalized spacial score (nSPS) is 19.2. The van der Waals surface area contributed by atoms with Crippen molar-refractivity contribution in [3.05, 3.63) is 82.9 Å². The molecule has 0 radical (unpaired) electrons. The van der Waals surface area contributed by atoms with Gasteiger partial charge < -0.3 is 10.1 Å². The molecule has 1 saturated heterocycles. The van der Waals surface area contributed by atoms with E-state index < -0.39 is 12.1 Å². The van der Waals surface area contributed by atoms with Gasteiger partial charge in [0.25, 0.3) is 0 Å². The topological polar surface area (TPSA) is 71.5 Å². The van der Waals surface area contributed by atoms with Crippen LogP contribution in [-0.2, 0) is 21.6 Å². The van der Waals surface area contributed by atoms with Crippen LogP contribution in [-0.4, -0.2) is 34.5 Å². The van der Waals surface area contributed by atoms with Crippen LogP contribution >= 0.6 is 11.3 Å². The highest BCUT2D eigenvalue weighted by Crippen LogP contribution is 2.46. The van der Waals surface area contributed by atoms with Crippen LogP contribution in [0.15, 0.2) is 66.0 Å². The summed E-state index contributed by atoms with van der Waals surface area (Å²) in [6.45, 7) is 0.716. The standard InChI is InChI=1S/C27H29N3O3S/c31-24(22-14-9-17-30(22)26(32)33-18-20-10-3-1-4-11-20)29-25-28-23(19-34-25)27(15-7-8-16-27)21-12-5-2-6-13-21/h1-6,10-13,19,22H,7-9,14-18H2,(H,28,29,31). The van der Waals surface area contributed by atoms with Crippen LogP contribution in [0.4, 0.5) is 9.93 Å². The first-order chi connectivity index (χ1) is 16.7. The SMILES string of the molecule is O=C(Nc1nc(C2(c3ccccc3)CCCC2)cs1)C1CCCN1C(=O)OCc1ccccc1. The van der Waals surface area contributed by atoms with Gasteiger partial charge in [0.1, 0.15) is 12.6 Å². The van der Waals surface area contributed by atoms with E-state index in [4.69, 9.17) is 9.72 Å². The molecule has 1 atom stereocenters. The van der Waals surface area contributed by atoms with Crippen LogP contribution < -0.4 is 5.32 Å². The van der Waals surface area contributed by atoms with Gasteiger partial charge >= 0.3 is 6.09 Å². The van der Waals surface area contributed by atoms with E-state index in [-0.39, 0.29) is 17.9 Å². The van der Waals surface area contributed by atoms with Crippen molar-refractivity contribution in [1.82, 2.24) is 9.88 Å². The fourth-order valence-corrected chi connectivity index (χ4v) is 6.04. The molecule has 2 amide bonds. The van der Waals surface area contributed by atoms with Gasteiger partial charge in [0.15, 0.2) is 5.13 Å². The second kappa shape index (κ2) is 9.97. The van der Waals surface area contributed by atoms with Gasteiger partial charge in [0.05, 0.1) is 5.69 Å². The number of hydrogen-bond acceptors (Lipinski definition) is 5. The van der Waals surface area contributed by atoms with Gasteiger partial charge in [-0.15, -0.1) is 11.3 Å². The maximum atomic E-state index is 13.1. The molecule has 2 aliphatic rings. The number of nitrogens with one attached hydrogen (secondary N) is 1. The highest BCUT2D eigenvalue weighted by Gasteiger charge is 2.40. The van der Waals surface area contributed by atoms with E-state index >= 15 is 0 Å². The molecule has 1 aliphatic carbocycles. The van der Waals surface area contributed by atoms with Gasteiger partial charge in [-0.1, -0.05) is 73.5 Å². The van der Waals surface area contributed by atoms with Crippen LogP contribution in [0.2, 0.25) is 0 Å². The number of thiazole rings is 1. The summed E-state index contributed by atoms with van der Waals surface area (Å²) in [7, 11) is 0. The zero-order valence-electron chi connectivity index (χ0n) is 19.1. The molecule has 2 fully saturated rings. The number of ether oxygens (including phenoxy) is 1. The first-order valence-corrected chi connectivity index (χ1v) is 12.8. The Kier molecular flexibility index (Phi) is 6.63. The molecule has 2 heterocycles. The Morgan fingerprint density at radius 3 is 2.47 bits per heavy atom. The van der Waals surface area contributed by atoms with Crippen LogP contribution in [0.25, 0.3) is 0 Å². The van der Waals surface area contributed by atoms with Crippen molar-refractivity contribution in [2.75, 3.05) is 11.9 Å². The Morgan fingerprint density at radius 1 is 1.03 bits per heavy atom. The minimum Gasteiger partial charge on any atom is -0.445 e. The lowest BCUT2D eigenvalue weighted by molar-refractivity contribution is -0.120. The van der Waals surface area contributed by atoms with E-state index in [1.807, 2.05) is 36.4 Å². The van der Waals surface area contributed by atoms with Crippen molar-refractivity contribution in [2.24, 2.45) is 0 Å². The minimum absolute atomic E-state index is 0.0820. The third-order valence-corrected chi connectivity index (χ3v) is 7.76. The molecule has 5 rings (SSSR count). The summed E-state index contributed by atoms with van der Waals surface area (Å²) in [5.74, 6) is -0.199. The van der Waals surface area contributed by atoms with Gasteiger partial charge in [0, 0.05) is 17.3 Å². The summed E-state index contributed by atoms with van der Waals surface area (Å²) in [4.78, 5) is 32.2. The number of rotatable bonds is 6. The molecule has 7 heteroatoms. The van der Waals surface area contributed by atoms with E-state index in [0.29, 0.717) is 18.1 Å². The summed E-state index contributed by atoms with van der Waals surface area (Å²) < 4.78 is 5.47. The van der Waals surface area contributed by atoms with Crippen LogP contribution in [0.1, 0.15) is 55.3 Å². The summed E-state index contributed by atoms with van der Waals surface area (Å²) in [6.07, 6.45) is 5.44. The van der Waals surface area contributed by atoms with Crippen molar-refractivity contribution in [2.45, 2.75) is 56.6 Å². The molecule has 0 spiro atoms. The number of hydrogen-bond donors (Lipinski definition) is 1. The lowest BCUT2D eigenvalue weighted by Gasteiger charge is -2.27. The van der Waals surface area contributed by atoms with Crippen molar-refractivity contribution in [3.8, 4) is 0 Å². The summed E-state index contributed by atoms with van der Waals surface area (Å²) in [5.41, 5.74) is 3.16. The van der Waals surface area contributed by atoms with Crippen molar-refractivity contribution in [3.63, 3.8) is 0 Å². The third kappa shape index (κ3) is 4.57. The van der Waals surface area contributed by atoms with E-state index in [1.165, 1.54) is 34.6 Å². The van der Waals surface area contributed by atoms with Gasteiger partial charge in [0.2, 0.25) is 5.91 Å². The lowest BCUT2D eigenvalue weighted by Crippen LogP contribution is -2.43. The Bertz CT molecular complexity index is 1130.